The molecule has 1 atom stereocenters. The first-order chi connectivity index (χ1) is 15.2. The number of Topliss-reactive ketones (excluding diaryl/α,β-unsaturated/α-hetero) is 1. The summed E-state index contributed by atoms with van der Waals surface area (Å²) < 4.78 is 14.1. The molecule has 0 aliphatic heterocycles. The summed E-state index contributed by atoms with van der Waals surface area (Å²) in [6, 6.07) is 23.6. The van der Waals surface area contributed by atoms with Gasteiger partial charge in [0.15, 0.2) is 11.6 Å². The van der Waals surface area contributed by atoms with E-state index >= 15 is 0 Å². The quantitative estimate of drug-likeness (QED) is 0.264. The summed E-state index contributed by atoms with van der Waals surface area (Å²) >= 11 is 1.24. The van der Waals surface area contributed by atoms with Crippen LogP contribution in [0.3, 0.4) is 0 Å². The van der Waals surface area contributed by atoms with E-state index in [0.29, 0.717) is 22.1 Å². The average Bonchev–Trinajstić information content (AvgIpc) is 3.45. The molecule has 0 fully saturated rings. The number of fused-ring (bicyclic) bond motifs is 1. The van der Waals surface area contributed by atoms with Crippen molar-refractivity contribution in [1.29, 1.82) is 0 Å². The monoisotopic (exact) mass is 428 g/mol. The van der Waals surface area contributed by atoms with Crippen molar-refractivity contribution in [3.8, 4) is 11.4 Å². The Hall–Kier alpha value is -3.71. The first-order valence-corrected chi connectivity index (χ1v) is 10.6. The number of nitrogens with one attached hydrogen (secondary N) is 2. The molecule has 2 heterocycles. The molecular formula is C24H17FN4OS. The number of thioether (sulfide) groups is 1. The molecule has 5 nitrogen and oxygen atoms in total. The number of hydrogen-bond acceptors (Lipinski definition) is 4. The Morgan fingerprint density at radius 3 is 2.52 bits per heavy atom. The van der Waals surface area contributed by atoms with Crippen LogP contribution in [0, 0.1) is 5.82 Å². The van der Waals surface area contributed by atoms with Gasteiger partial charge in [0.1, 0.15) is 11.1 Å². The fourth-order valence-corrected chi connectivity index (χ4v) is 4.48. The highest BCUT2D eigenvalue weighted by atomic mass is 32.2. The molecule has 0 amide bonds. The van der Waals surface area contributed by atoms with Gasteiger partial charge in [-0.15, -0.1) is 5.10 Å². The largest absolute Gasteiger partial charge is 0.360 e. The van der Waals surface area contributed by atoms with E-state index in [0.717, 1.165) is 16.5 Å². The summed E-state index contributed by atoms with van der Waals surface area (Å²) in [4.78, 5) is 21.2. The molecule has 3 aromatic carbocycles. The Morgan fingerprint density at radius 2 is 1.68 bits per heavy atom. The lowest BCUT2D eigenvalue weighted by atomic mass is 10.0. The van der Waals surface area contributed by atoms with Crippen molar-refractivity contribution in [2.24, 2.45) is 0 Å². The lowest BCUT2D eigenvalue weighted by molar-refractivity contribution is 0.0991. The van der Waals surface area contributed by atoms with Crippen molar-refractivity contribution >= 4 is 28.4 Å². The molecule has 0 spiro atoms. The summed E-state index contributed by atoms with van der Waals surface area (Å²) in [6.45, 7) is 0. The van der Waals surface area contributed by atoms with E-state index in [9.17, 15) is 9.18 Å². The molecule has 0 aliphatic rings. The highest BCUT2D eigenvalue weighted by Gasteiger charge is 2.27. The van der Waals surface area contributed by atoms with E-state index < -0.39 is 5.25 Å². The topological polar surface area (TPSA) is 74.4 Å². The summed E-state index contributed by atoms with van der Waals surface area (Å²) in [6.07, 6.45) is 1.74. The number of benzene rings is 3. The van der Waals surface area contributed by atoms with E-state index in [1.165, 1.54) is 17.8 Å². The van der Waals surface area contributed by atoms with Gasteiger partial charge in [0.25, 0.3) is 0 Å². The first kappa shape index (κ1) is 19.3. The van der Waals surface area contributed by atoms with Crippen LogP contribution < -0.4 is 0 Å². The van der Waals surface area contributed by atoms with Crippen molar-refractivity contribution < 1.29 is 9.18 Å². The van der Waals surface area contributed by atoms with Crippen LogP contribution in [0.5, 0.6) is 0 Å². The predicted octanol–water partition coefficient (Wildman–Crippen LogP) is 5.81. The van der Waals surface area contributed by atoms with E-state index in [4.69, 9.17) is 0 Å². The molecule has 2 N–H and O–H groups in total. The molecule has 0 radical (unpaired) electrons. The van der Waals surface area contributed by atoms with Crippen LogP contribution in [0.4, 0.5) is 4.39 Å². The number of nitrogens with zero attached hydrogens (tertiary/aromatic N) is 2. The number of halogens is 1. The van der Waals surface area contributed by atoms with Gasteiger partial charge < -0.3 is 4.98 Å². The van der Waals surface area contributed by atoms with Gasteiger partial charge in [-0.25, -0.2) is 9.37 Å². The normalized spacial score (nSPS) is 12.2. The Balaban J connectivity index is 1.51. The van der Waals surface area contributed by atoms with E-state index in [1.54, 1.807) is 24.4 Å². The second kappa shape index (κ2) is 8.20. The molecule has 31 heavy (non-hydrogen) atoms. The smallest absolute Gasteiger partial charge is 0.209 e. The summed E-state index contributed by atoms with van der Waals surface area (Å²) in [7, 11) is 0. The van der Waals surface area contributed by atoms with Crippen molar-refractivity contribution in [3.05, 3.63) is 102 Å². The highest BCUT2D eigenvalue weighted by Crippen LogP contribution is 2.38. The van der Waals surface area contributed by atoms with E-state index in [1.807, 2.05) is 54.6 Å². The molecule has 5 aromatic rings. The Kier molecular flexibility index (Phi) is 5.09. The fraction of sp³-hybridized carbons (Fsp3) is 0.0417. The molecule has 7 heteroatoms. The number of ketones is 1. The maximum atomic E-state index is 14.1. The maximum absolute atomic E-state index is 14.1. The molecular weight excluding hydrogens is 411 g/mol. The summed E-state index contributed by atoms with van der Waals surface area (Å²) in [5.41, 5.74) is 2.70. The molecule has 0 saturated heterocycles. The van der Waals surface area contributed by atoms with Crippen LogP contribution in [0.2, 0.25) is 0 Å². The average molecular weight is 428 g/mol. The second-order valence-electron chi connectivity index (χ2n) is 6.97. The van der Waals surface area contributed by atoms with Crippen molar-refractivity contribution in [3.63, 3.8) is 0 Å². The lowest BCUT2D eigenvalue weighted by Gasteiger charge is -2.14. The van der Waals surface area contributed by atoms with Crippen molar-refractivity contribution in [2.75, 3.05) is 0 Å². The number of carbonyl (C=O) groups excluding carboxylic acids is 1. The SMILES string of the molecule is O=C(c1c[nH]c2ccccc12)C(Sc1n[nH]c(-c2ccccc2F)n1)c1ccccc1. The number of hydrogen-bond donors (Lipinski definition) is 2. The zero-order valence-electron chi connectivity index (χ0n) is 16.2. The van der Waals surface area contributed by atoms with Gasteiger partial charge in [-0.2, -0.15) is 0 Å². The molecule has 2 aromatic heterocycles. The Labute approximate surface area is 181 Å². The minimum absolute atomic E-state index is 0.0501. The molecule has 0 aliphatic carbocycles. The number of rotatable bonds is 6. The lowest BCUT2D eigenvalue weighted by Crippen LogP contribution is -2.10. The van der Waals surface area contributed by atoms with Gasteiger partial charge in [0, 0.05) is 22.7 Å². The molecule has 152 valence electrons. The number of para-hydroxylation sites is 1. The number of aromatic nitrogens is 4. The van der Waals surface area contributed by atoms with E-state index in [2.05, 4.69) is 20.2 Å². The van der Waals surface area contributed by atoms with Crippen LogP contribution in [0.15, 0.2) is 90.2 Å². The number of carbonyl (C=O) groups is 1. The minimum atomic E-state index is -0.551. The Bertz CT molecular complexity index is 1360. The standard InChI is InChI=1S/C24H17FN4OS/c25-19-12-6-4-11-17(19)23-27-24(29-28-23)31-22(15-8-2-1-3-9-15)21(30)18-14-26-20-13-7-5-10-16(18)20/h1-14,22,26H,(H,27,28,29). The molecule has 0 bridgehead atoms. The highest BCUT2D eigenvalue weighted by molar-refractivity contribution is 8.00. The minimum Gasteiger partial charge on any atom is -0.360 e. The maximum Gasteiger partial charge on any atom is 0.209 e. The van der Waals surface area contributed by atoms with Crippen LogP contribution >= 0.6 is 11.8 Å². The van der Waals surface area contributed by atoms with Crippen LogP contribution in [0.25, 0.3) is 22.3 Å². The fourth-order valence-electron chi connectivity index (χ4n) is 3.50. The van der Waals surface area contributed by atoms with Crippen LogP contribution in [0.1, 0.15) is 21.2 Å². The zero-order valence-corrected chi connectivity index (χ0v) is 17.1. The van der Waals surface area contributed by atoms with Gasteiger partial charge in [0.05, 0.1) is 5.56 Å². The Morgan fingerprint density at radius 1 is 0.935 bits per heavy atom. The van der Waals surface area contributed by atoms with Gasteiger partial charge in [-0.3, -0.25) is 9.89 Å². The van der Waals surface area contributed by atoms with Gasteiger partial charge >= 0.3 is 0 Å². The zero-order chi connectivity index (χ0) is 21.2. The molecule has 1 unspecified atom stereocenters. The molecule has 0 saturated carbocycles. The van der Waals surface area contributed by atoms with Crippen LogP contribution in [-0.2, 0) is 0 Å². The second-order valence-corrected chi connectivity index (χ2v) is 8.04. The number of aromatic amines is 2. The van der Waals surface area contributed by atoms with Gasteiger partial charge in [0.2, 0.25) is 5.16 Å². The summed E-state index contributed by atoms with van der Waals surface area (Å²) in [5, 5.41) is 7.70. The molecule has 5 rings (SSSR count). The third-order valence-corrected chi connectivity index (χ3v) is 6.13. The number of H-pyrrole nitrogens is 2. The third-order valence-electron chi connectivity index (χ3n) is 5.01. The van der Waals surface area contributed by atoms with Crippen LogP contribution in [-0.4, -0.2) is 25.9 Å². The summed E-state index contributed by atoms with van der Waals surface area (Å²) in [5.74, 6) is -0.109. The first-order valence-electron chi connectivity index (χ1n) is 9.70. The predicted molar refractivity (Wildman–Crippen MR) is 119 cm³/mol. The van der Waals surface area contributed by atoms with Crippen molar-refractivity contribution in [1.82, 2.24) is 20.2 Å². The van der Waals surface area contributed by atoms with Gasteiger partial charge in [-0.1, -0.05) is 72.4 Å². The van der Waals surface area contributed by atoms with E-state index in [-0.39, 0.29) is 11.6 Å². The third kappa shape index (κ3) is 3.75. The van der Waals surface area contributed by atoms with Crippen molar-refractivity contribution in [2.45, 2.75) is 10.4 Å². The van der Waals surface area contributed by atoms with Gasteiger partial charge in [-0.05, 0) is 23.8 Å².